The van der Waals surface area contributed by atoms with Gasteiger partial charge in [0.2, 0.25) is 0 Å². The van der Waals surface area contributed by atoms with Crippen LogP contribution in [0.4, 0.5) is 5.69 Å². The standard InChI is InChI=1S/C15H13BrN4/c1-10(14-9-17-5-6-18-14)20-13-4-2-3-11-7-12(16)8-19-15(11)13/h2-10,20H,1H3. The molecule has 2 aromatic heterocycles. The van der Waals surface area contributed by atoms with Crippen molar-refractivity contribution in [2.75, 3.05) is 5.32 Å². The first-order valence-corrected chi connectivity index (χ1v) is 7.10. The van der Waals surface area contributed by atoms with Crippen molar-refractivity contribution in [2.24, 2.45) is 0 Å². The molecule has 5 heteroatoms. The van der Waals surface area contributed by atoms with Gasteiger partial charge in [-0.2, -0.15) is 0 Å². The third-order valence-corrected chi connectivity index (χ3v) is 3.51. The predicted molar refractivity (Wildman–Crippen MR) is 83.5 cm³/mol. The van der Waals surface area contributed by atoms with Crippen LogP contribution in [-0.2, 0) is 0 Å². The lowest BCUT2D eigenvalue weighted by atomic mass is 10.1. The Hall–Kier alpha value is -2.01. The minimum absolute atomic E-state index is 0.0692. The number of pyridine rings is 1. The van der Waals surface area contributed by atoms with Crippen LogP contribution < -0.4 is 5.32 Å². The van der Waals surface area contributed by atoms with Crippen molar-refractivity contribution in [1.29, 1.82) is 0 Å². The summed E-state index contributed by atoms with van der Waals surface area (Å²) in [4.78, 5) is 12.9. The minimum atomic E-state index is 0.0692. The molecule has 0 aliphatic heterocycles. The number of benzene rings is 1. The molecule has 0 saturated heterocycles. The van der Waals surface area contributed by atoms with Gasteiger partial charge >= 0.3 is 0 Å². The van der Waals surface area contributed by atoms with Crippen molar-refractivity contribution in [3.05, 3.63) is 59.2 Å². The molecule has 0 saturated carbocycles. The van der Waals surface area contributed by atoms with Crippen molar-refractivity contribution >= 4 is 32.5 Å². The molecular formula is C15H13BrN4. The first-order chi connectivity index (χ1) is 9.74. The van der Waals surface area contributed by atoms with E-state index in [1.165, 1.54) is 0 Å². The second-order valence-corrected chi connectivity index (χ2v) is 5.44. The fraction of sp³-hybridized carbons (Fsp3) is 0.133. The molecule has 0 aliphatic rings. The van der Waals surface area contributed by atoms with Gasteiger partial charge in [-0.25, -0.2) is 0 Å². The van der Waals surface area contributed by atoms with E-state index in [9.17, 15) is 0 Å². The number of hydrogen-bond acceptors (Lipinski definition) is 4. The highest BCUT2D eigenvalue weighted by molar-refractivity contribution is 9.10. The molecule has 1 unspecified atom stereocenters. The van der Waals surface area contributed by atoms with Crippen LogP contribution in [0.5, 0.6) is 0 Å². The number of halogens is 1. The number of anilines is 1. The third-order valence-electron chi connectivity index (χ3n) is 3.08. The first kappa shape index (κ1) is 13.0. The normalized spacial score (nSPS) is 12.3. The number of aromatic nitrogens is 3. The SMILES string of the molecule is CC(Nc1cccc2cc(Br)cnc12)c1cnccn1. The number of para-hydroxylation sites is 1. The topological polar surface area (TPSA) is 50.7 Å². The maximum atomic E-state index is 4.48. The molecule has 0 radical (unpaired) electrons. The molecule has 100 valence electrons. The molecule has 0 aliphatic carbocycles. The predicted octanol–water partition coefficient (Wildman–Crippen LogP) is 3.96. The zero-order valence-corrected chi connectivity index (χ0v) is 12.5. The van der Waals surface area contributed by atoms with Gasteiger partial charge in [0.15, 0.2) is 0 Å². The summed E-state index contributed by atoms with van der Waals surface area (Å²) in [6.07, 6.45) is 6.95. The fourth-order valence-corrected chi connectivity index (χ4v) is 2.44. The maximum Gasteiger partial charge on any atom is 0.0934 e. The Morgan fingerprint density at radius 1 is 1.15 bits per heavy atom. The van der Waals surface area contributed by atoms with E-state index in [4.69, 9.17) is 0 Å². The van der Waals surface area contributed by atoms with Gasteiger partial charge < -0.3 is 5.32 Å². The van der Waals surface area contributed by atoms with Crippen molar-refractivity contribution in [3.8, 4) is 0 Å². The van der Waals surface area contributed by atoms with E-state index in [0.717, 1.165) is 26.8 Å². The van der Waals surface area contributed by atoms with E-state index >= 15 is 0 Å². The first-order valence-electron chi connectivity index (χ1n) is 6.31. The number of hydrogen-bond donors (Lipinski definition) is 1. The van der Waals surface area contributed by atoms with Gasteiger partial charge in [-0.05, 0) is 35.0 Å². The van der Waals surface area contributed by atoms with Crippen LogP contribution in [0.3, 0.4) is 0 Å². The summed E-state index contributed by atoms with van der Waals surface area (Å²) >= 11 is 3.44. The van der Waals surface area contributed by atoms with Crippen molar-refractivity contribution in [2.45, 2.75) is 13.0 Å². The van der Waals surface area contributed by atoms with Crippen LogP contribution in [0.15, 0.2) is 53.5 Å². The summed E-state index contributed by atoms with van der Waals surface area (Å²) in [5, 5.41) is 4.53. The lowest BCUT2D eigenvalue weighted by molar-refractivity contribution is 0.828. The van der Waals surface area contributed by atoms with Crippen LogP contribution >= 0.6 is 15.9 Å². The molecule has 4 nitrogen and oxygen atoms in total. The van der Waals surface area contributed by atoms with Gasteiger partial charge in [-0.15, -0.1) is 0 Å². The number of nitrogens with one attached hydrogen (secondary N) is 1. The second kappa shape index (κ2) is 5.54. The van der Waals surface area contributed by atoms with Crippen LogP contribution in [-0.4, -0.2) is 15.0 Å². The second-order valence-electron chi connectivity index (χ2n) is 4.53. The van der Waals surface area contributed by atoms with E-state index in [0.29, 0.717) is 0 Å². The highest BCUT2D eigenvalue weighted by Gasteiger charge is 2.09. The van der Waals surface area contributed by atoms with Crippen LogP contribution in [0.25, 0.3) is 10.9 Å². The average molecular weight is 329 g/mol. The molecule has 3 rings (SSSR count). The summed E-state index contributed by atoms with van der Waals surface area (Å²) in [5.41, 5.74) is 2.85. The van der Waals surface area contributed by atoms with E-state index < -0.39 is 0 Å². The zero-order chi connectivity index (χ0) is 13.9. The Balaban J connectivity index is 1.95. The zero-order valence-electron chi connectivity index (χ0n) is 10.9. The lowest BCUT2D eigenvalue weighted by Crippen LogP contribution is -2.09. The average Bonchev–Trinajstić information content (AvgIpc) is 2.48. The Labute approximate surface area is 125 Å². The monoisotopic (exact) mass is 328 g/mol. The largest absolute Gasteiger partial charge is 0.375 e. The Kier molecular flexibility index (Phi) is 3.60. The van der Waals surface area contributed by atoms with E-state index in [2.05, 4.69) is 49.2 Å². The molecule has 0 spiro atoms. The highest BCUT2D eigenvalue weighted by atomic mass is 79.9. The van der Waals surface area contributed by atoms with Gasteiger partial charge in [0.05, 0.1) is 29.1 Å². The van der Waals surface area contributed by atoms with Crippen molar-refractivity contribution in [1.82, 2.24) is 15.0 Å². The molecule has 1 atom stereocenters. The molecule has 0 bridgehead atoms. The van der Waals surface area contributed by atoms with Crippen LogP contribution in [0.2, 0.25) is 0 Å². The van der Waals surface area contributed by atoms with Gasteiger partial charge in [-0.1, -0.05) is 12.1 Å². The molecule has 3 aromatic rings. The summed E-state index contributed by atoms with van der Waals surface area (Å²) in [5.74, 6) is 0. The van der Waals surface area contributed by atoms with Crippen LogP contribution in [0, 0.1) is 0 Å². The quantitative estimate of drug-likeness (QED) is 0.790. The number of rotatable bonds is 3. The van der Waals surface area contributed by atoms with Crippen molar-refractivity contribution < 1.29 is 0 Å². The molecular weight excluding hydrogens is 316 g/mol. The van der Waals surface area contributed by atoms with E-state index in [1.54, 1.807) is 24.8 Å². The van der Waals surface area contributed by atoms with Gasteiger partial charge in [-0.3, -0.25) is 15.0 Å². The van der Waals surface area contributed by atoms with Gasteiger partial charge in [0, 0.05) is 28.4 Å². The molecule has 1 N–H and O–H groups in total. The maximum absolute atomic E-state index is 4.48. The summed E-state index contributed by atoms with van der Waals surface area (Å²) in [6, 6.07) is 8.21. The van der Waals surface area contributed by atoms with Gasteiger partial charge in [0.25, 0.3) is 0 Å². The molecule has 0 fully saturated rings. The Morgan fingerprint density at radius 3 is 2.85 bits per heavy atom. The fourth-order valence-electron chi connectivity index (χ4n) is 2.09. The summed E-state index contributed by atoms with van der Waals surface area (Å²) in [6.45, 7) is 2.06. The number of fused-ring (bicyclic) bond motifs is 1. The van der Waals surface area contributed by atoms with Crippen molar-refractivity contribution in [3.63, 3.8) is 0 Å². The summed E-state index contributed by atoms with van der Waals surface area (Å²) in [7, 11) is 0. The smallest absolute Gasteiger partial charge is 0.0934 e. The van der Waals surface area contributed by atoms with Gasteiger partial charge in [0.1, 0.15) is 0 Å². The minimum Gasteiger partial charge on any atom is -0.375 e. The van der Waals surface area contributed by atoms with E-state index in [-0.39, 0.29) is 6.04 Å². The highest BCUT2D eigenvalue weighted by Crippen LogP contribution is 2.26. The lowest BCUT2D eigenvalue weighted by Gasteiger charge is -2.15. The molecule has 20 heavy (non-hydrogen) atoms. The number of nitrogens with zero attached hydrogens (tertiary/aromatic N) is 3. The Morgan fingerprint density at radius 2 is 2.05 bits per heavy atom. The van der Waals surface area contributed by atoms with E-state index in [1.807, 2.05) is 18.2 Å². The summed E-state index contributed by atoms with van der Waals surface area (Å²) < 4.78 is 0.976. The Bertz CT molecular complexity index is 730. The third kappa shape index (κ3) is 2.63. The molecule has 2 heterocycles. The van der Waals surface area contributed by atoms with Crippen LogP contribution in [0.1, 0.15) is 18.7 Å². The molecule has 1 aromatic carbocycles. The molecule has 0 amide bonds.